The molecule has 1 saturated heterocycles. The average Bonchev–Trinajstić information content (AvgIpc) is 3.15. The van der Waals surface area contributed by atoms with E-state index < -0.39 is 0 Å². The van der Waals surface area contributed by atoms with Crippen molar-refractivity contribution in [3.05, 3.63) is 65.9 Å². The number of hydrogen-bond donors (Lipinski definition) is 1. The molecule has 1 aliphatic rings. The van der Waals surface area contributed by atoms with Crippen molar-refractivity contribution in [2.24, 2.45) is 0 Å². The number of morpholine rings is 1. The van der Waals surface area contributed by atoms with Crippen LogP contribution in [0.4, 0.5) is 0 Å². The van der Waals surface area contributed by atoms with Gasteiger partial charge in [-0.25, -0.2) is 0 Å². The third-order valence-electron chi connectivity index (χ3n) is 5.21. The SMILES string of the molecule is COc1ccc2c(CC(=O)NC[C@@H]3CN(Cc4ccccc4)CCO3)coc2c1. The van der Waals surface area contributed by atoms with Crippen molar-refractivity contribution >= 4 is 16.9 Å². The topological polar surface area (TPSA) is 63.9 Å². The van der Waals surface area contributed by atoms with Crippen LogP contribution in [0.1, 0.15) is 11.1 Å². The summed E-state index contributed by atoms with van der Waals surface area (Å²) in [6.07, 6.45) is 1.92. The maximum Gasteiger partial charge on any atom is 0.224 e. The molecule has 0 aliphatic carbocycles. The van der Waals surface area contributed by atoms with E-state index in [0.29, 0.717) is 13.2 Å². The van der Waals surface area contributed by atoms with Crippen LogP contribution in [0.3, 0.4) is 0 Å². The minimum atomic E-state index is -0.0349. The molecular formula is C23H26N2O4. The Kier molecular flexibility index (Phi) is 6.12. The molecule has 2 heterocycles. The van der Waals surface area contributed by atoms with Crippen LogP contribution in [0.5, 0.6) is 5.75 Å². The zero-order chi connectivity index (χ0) is 20.1. The van der Waals surface area contributed by atoms with Crippen LogP contribution in [0.2, 0.25) is 0 Å². The van der Waals surface area contributed by atoms with Crippen molar-refractivity contribution in [1.82, 2.24) is 10.2 Å². The Morgan fingerprint density at radius 1 is 1.24 bits per heavy atom. The largest absolute Gasteiger partial charge is 0.497 e. The van der Waals surface area contributed by atoms with Crippen molar-refractivity contribution in [3.63, 3.8) is 0 Å². The Morgan fingerprint density at radius 2 is 2.10 bits per heavy atom. The maximum atomic E-state index is 12.4. The molecule has 0 saturated carbocycles. The van der Waals surface area contributed by atoms with Crippen LogP contribution in [0.15, 0.2) is 59.2 Å². The first-order valence-electron chi connectivity index (χ1n) is 9.90. The molecule has 0 unspecified atom stereocenters. The lowest BCUT2D eigenvalue weighted by atomic mass is 10.1. The predicted octanol–water partition coefficient (Wildman–Crippen LogP) is 3.00. The van der Waals surface area contributed by atoms with E-state index in [2.05, 4.69) is 34.5 Å². The molecule has 4 rings (SSSR count). The highest BCUT2D eigenvalue weighted by molar-refractivity contribution is 5.88. The van der Waals surface area contributed by atoms with Crippen LogP contribution < -0.4 is 10.1 Å². The van der Waals surface area contributed by atoms with E-state index in [1.807, 2.05) is 24.3 Å². The summed E-state index contributed by atoms with van der Waals surface area (Å²) >= 11 is 0. The van der Waals surface area contributed by atoms with Crippen LogP contribution in [0, 0.1) is 0 Å². The number of fused-ring (bicyclic) bond motifs is 1. The minimum Gasteiger partial charge on any atom is -0.497 e. The van der Waals surface area contributed by atoms with Crippen LogP contribution >= 0.6 is 0 Å². The van der Waals surface area contributed by atoms with Crippen molar-refractivity contribution < 1.29 is 18.7 Å². The summed E-state index contributed by atoms with van der Waals surface area (Å²) < 4.78 is 16.6. The number of hydrogen-bond acceptors (Lipinski definition) is 5. The third kappa shape index (κ3) is 4.96. The molecule has 1 fully saturated rings. The van der Waals surface area contributed by atoms with Gasteiger partial charge in [-0.1, -0.05) is 30.3 Å². The number of rotatable bonds is 7. The third-order valence-corrected chi connectivity index (χ3v) is 5.21. The van der Waals surface area contributed by atoms with Gasteiger partial charge in [-0.3, -0.25) is 9.69 Å². The fourth-order valence-corrected chi connectivity index (χ4v) is 3.68. The van der Waals surface area contributed by atoms with E-state index in [-0.39, 0.29) is 18.4 Å². The van der Waals surface area contributed by atoms with Gasteiger partial charge >= 0.3 is 0 Å². The van der Waals surface area contributed by atoms with Crippen LogP contribution in [-0.4, -0.2) is 50.3 Å². The number of nitrogens with one attached hydrogen (secondary N) is 1. The quantitative estimate of drug-likeness (QED) is 0.667. The van der Waals surface area contributed by atoms with Gasteiger partial charge in [0.15, 0.2) is 0 Å². The molecule has 1 N–H and O–H groups in total. The molecule has 1 aromatic heterocycles. The van der Waals surface area contributed by atoms with Gasteiger partial charge in [0.1, 0.15) is 11.3 Å². The number of ether oxygens (including phenoxy) is 2. The first-order chi connectivity index (χ1) is 14.2. The highest BCUT2D eigenvalue weighted by Gasteiger charge is 2.21. The summed E-state index contributed by atoms with van der Waals surface area (Å²) in [5, 5.41) is 3.94. The number of furan rings is 1. The zero-order valence-corrected chi connectivity index (χ0v) is 16.6. The van der Waals surface area contributed by atoms with Gasteiger partial charge in [0.25, 0.3) is 0 Å². The molecule has 29 heavy (non-hydrogen) atoms. The molecule has 1 atom stereocenters. The van der Waals surface area contributed by atoms with Crippen molar-refractivity contribution in [2.45, 2.75) is 19.1 Å². The van der Waals surface area contributed by atoms with E-state index in [1.54, 1.807) is 13.4 Å². The van der Waals surface area contributed by atoms with Gasteiger partial charge in [0, 0.05) is 43.2 Å². The van der Waals surface area contributed by atoms with Crippen LogP contribution in [-0.2, 0) is 22.5 Å². The number of carbonyl (C=O) groups is 1. The molecule has 1 aliphatic heterocycles. The number of nitrogens with zero attached hydrogens (tertiary/aromatic N) is 1. The molecule has 1 amide bonds. The molecular weight excluding hydrogens is 368 g/mol. The zero-order valence-electron chi connectivity index (χ0n) is 16.6. The normalized spacial score (nSPS) is 17.3. The van der Waals surface area contributed by atoms with E-state index in [4.69, 9.17) is 13.9 Å². The first kappa shape index (κ1) is 19.5. The Morgan fingerprint density at radius 3 is 2.93 bits per heavy atom. The monoisotopic (exact) mass is 394 g/mol. The second-order valence-corrected chi connectivity index (χ2v) is 7.32. The lowest BCUT2D eigenvalue weighted by molar-refractivity contribution is -0.121. The highest BCUT2D eigenvalue weighted by Crippen LogP contribution is 2.25. The number of carbonyl (C=O) groups excluding carboxylic acids is 1. The number of methoxy groups -OCH3 is 1. The Hall–Kier alpha value is -2.83. The molecule has 3 aromatic rings. The minimum absolute atomic E-state index is 0.00164. The summed E-state index contributed by atoms with van der Waals surface area (Å²) in [5.41, 5.74) is 2.88. The van der Waals surface area contributed by atoms with Crippen molar-refractivity contribution in [2.75, 3.05) is 33.4 Å². The van der Waals surface area contributed by atoms with Gasteiger partial charge in [-0.05, 0) is 17.7 Å². The van der Waals surface area contributed by atoms with E-state index in [1.165, 1.54) is 5.56 Å². The van der Waals surface area contributed by atoms with E-state index in [0.717, 1.165) is 41.9 Å². The average molecular weight is 394 g/mol. The van der Waals surface area contributed by atoms with Gasteiger partial charge in [0.2, 0.25) is 5.91 Å². The first-order valence-corrected chi connectivity index (χ1v) is 9.90. The number of benzene rings is 2. The van der Waals surface area contributed by atoms with Crippen molar-refractivity contribution in [1.29, 1.82) is 0 Å². The van der Waals surface area contributed by atoms with Gasteiger partial charge in [0.05, 0.1) is 32.5 Å². The summed E-state index contributed by atoms with van der Waals surface area (Å²) in [6.45, 7) is 3.81. The Balaban J connectivity index is 1.28. The van der Waals surface area contributed by atoms with Crippen molar-refractivity contribution in [3.8, 4) is 5.75 Å². The summed E-state index contributed by atoms with van der Waals surface area (Å²) in [7, 11) is 1.62. The fraction of sp³-hybridized carbons (Fsp3) is 0.348. The smallest absolute Gasteiger partial charge is 0.224 e. The molecule has 0 radical (unpaired) electrons. The van der Waals surface area contributed by atoms with Crippen LogP contribution in [0.25, 0.3) is 11.0 Å². The predicted molar refractivity (Wildman–Crippen MR) is 111 cm³/mol. The van der Waals surface area contributed by atoms with E-state index >= 15 is 0 Å². The molecule has 6 heteroatoms. The number of amides is 1. The summed E-state index contributed by atoms with van der Waals surface area (Å²) in [4.78, 5) is 14.8. The van der Waals surface area contributed by atoms with E-state index in [9.17, 15) is 4.79 Å². The lowest BCUT2D eigenvalue weighted by Crippen LogP contribution is -2.47. The van der Waals surface area contributed by atoms with Gasteiger partial charge in [-0.15, -0.1) is 0 Å². The maximum absolute atomic E-state index is 12.4. The lowest BCUT2D eigenvalue weighted by Gasteiger charge is -2.33. The Labute approximate surface area is 170 Å². The molecule has 0 bridgehead atoms. The van der Waals surface area contributed by atoms with Gasteiger partial charge < -0.3 is 19.2 Å². The summed E-state index contributed by atoms with van der Waals surface area (Å²) in [5.74, 6) is 0.699. The fourth-order valence-electron chi connectivity index (χ4n) is 3.68. The molecule has 0 spiro atoms. The molecule has 152 valence electrons. The Bertz CT molecular complexity index is 954. The standard InChI is InChI=1S/C23H26N2O4/c1-27-19-7-8-21-18(16-29-22(21)12-19)11-23(26)24-13-20-15-25(9-10-28-20)14-17-5-3-2-4-6-17/h2-8,12,16,20H,9-11,13-15H2,1H3,(H,24,26)/t20-/m1/s1. The summed E-state index contributed by atoms with van der Waals surface area (Å²) in [6, 6.07) is 16.0. The second-order valence-electron chi connectivity index (χ2n) is 7.32. The second kappa shape index (κ2) is 9.11. The molecule has 2 aromatic carbocycles. The van der Waals surface area contributed by atoms with Gasteiger partial charge in [-0.2, -0.15) is 0 Å². The highest BCUT2D eigenvalue weighted by atomic mass is 16.5. The molecule has 6 nitrogen and oxygen atoms in total.